The number of carbonyl (C=O) groups is 1. The first kappa shape index (κ1) is 15.6. The summed E-state index contributed by atoms with van der Waals surface area (Å²) in [5.41, 5.74) is 2.75. The van der Waals surface area contributed by atoms with Crippen LogP contribution in [-0.4, -0.2) is 22.6 Å². The van der Waals surface area contributed by atoms with Crippen LogP contribution in [0.25, 0.3) is 0 Å². The molecule has 0 bridgehead atoms. The fraction of sp³-hybridized carbons (Fsp3) is 0.235. The molecule has 1 amide bonds. The number of carboxylic acid groups (broad SMARTS) is 1. The Labute approximate surface area is 138 Å². The number of rotatable bonds is 3. The molecule has 23 heavy (non-hydrogen) atoms. The molecule has 0 saturated carbocycles. The van der Waals surface area contributed by atoms with Gasteiger partial charge >= 0.3 is 6.09 Å². The Hall–Kier alpha value is -2.27. The Morgan fingerprint density at radius 1 is 1.26 bits per heavy atom. The lowest BCUT2D eigenvalue weighted by atomic mass is 10.00. The molecule has 0 fully saturated rings. The average Bonchev–Trinajstić information content (AvgIpc) is 2.55. The van der Waals surface area contributed by atoms with E-state index < -0.39 is 11.9 Å². The van der Waals surface area contributed by atoms with E-state index in [1.54, 1.807) is 6.07 Å². The fourth-order valence-corrected chi connectivity index (χ4v) is 2.70. The van der Waals surface area contributed by atoms with Crippen LogP contribution < -0.4 is 4.74 Å². The highest BCUT2D eigenvalue weighted by atomic mass is 35.5. The van der Waals surface area contributed by atoms with Crippen LogP contribution in [0.15, 0.2) is 36.4 Å². The zero-order valence-electron chi connectivity index (χ0n) is 12.3. The molecule has 1 aliphatic rings. The van der Waals surface area contributed by atoms with Gasteiger partial charge < -0.3 is 14.7 Å². The first-order chi connectivity index (χ1) is 11.0. The lowest BCUT2D eigenvalue weighted by Gasteiger charge is -2.26. The summed E-state index contributed by atoms with van der Waals surface area (Å²) in [6.45, 7) is 1.08. The van der Waals surface area contributed by atoms with Gasteiger partial charge in [-0.15, -0.1) is 0 Å². The predicted molar refractivity (Wildman–Crippen MR) is 84.3 cm³/mol. The van der Waals surface area contributed by atoms with Gasteiger partial charge in [-0.1, -0.05) is 23.7 Å². The summed E-state index contributed by atoms with van der Waals surface area (Å²) in [5.74, 6) is 0.154. The number of ether oxygens (including phenoxy) is 1. The van der Waals surface area contributed by atoms with Crippen molar-refractivity contribution < 1.29 is 19.0 Å². The van der Waals surface area contributed by atoms with E-state index in [-0.39, 0.29) is 11.6 Å². The minimum absolute atomic E-state index is 0.0799. The number of fused-ring (bicyclic) bond motifs is 1. The molecule has 6 heteroatoms. The zero-order valence-corrected chi connectivity index (χ0v) is 13.0. The van der Waals surface area contributed by atoms with Gasteiger partial charge in [-0.2, -0.15) is 0 Å². The van der Waals surface area contributed by atoms with Crippen molar-refractivity contribution in [2.24, 2.45) is 0 Å². The highest BCUT2D eigenvalue weighted by molar-refractivity contribution is 6.30. The van der Waals surface area contributed by atoms with Crippen LogP contribution in [0.1, 0.15) is 16.7 Å². The SMILES string of the molecule is O=C(O)N1CCc2ccc(OCc3ccc(Cl)c(F)c3)cc2C1. The minimum atomic E-state index is -0.918. The third-order valence-corrected chi connectivity index (χ3v) is 4.16. The van der Waals surface area contributed by atoms with Crippen LogP contribution in [0, 0.1) is 5.82 Å². The minimum Gasteiger partial charge on any atom is -0.489 e. The molecular formula is C17H15ClFNO3. The average molecular weight is 336 g/mol. The molecule has 3 rings (SSSR count). The molecule has 1 aliphatic heterocycles. The molecule has 0 unspecified atom stereocenters. The molecule has 0 atom stereocenters. The third kappa shape index (κ3) is 3.56. The lowest BCUT2D eigenvalue weighted by Crippen LogP contribution is -2.34. The van der Waals surface area contributed by atoms with Crippen molar-refractivity contribution in [3.8, 4) is 5.75 Å². The molecule has 0 spiro atoms. The Kier molecular flexibility index (Phi) is 4.39. The van der Waals surface area contributed by atoms with E-state index in [1.165, 1.54) is 17.0 Å². The van der Waals surface area contributed by atoms with Crippen molar-refractivity contribution in [2.45, 2.75) is 19.6 Å². The summed E-state index contributed by atoms with van der Waals surface area (Å²) < 4.78 is 19.1. The van der Waals surface area contributed by atoms with Crippen LogP contribution in [0.3, 0.4) is 0 Å². The van der Waals surface area contributed by atoms with Gasteiger partial charge in [0.1, 0.15) is 18.2 Å². The Balaban J connectivity index is 1.70. The van der Waals surface area contributed by atoms with Gasteiger partial charge in [-0.25, -0.2) is 9.18 Å². The van der Waals surface area contributed by atoms with Gasteiger partial charge in [0.2, 0.25) is 0 Å². The number of benzene rings is 2. The Morgan fingerprint density at radius 2 is 2.09 bits per heavy atom. The summed E-state index contributed by atoms with van der Waals surface area (Å²) in [6.07, 6.45) is -0.219. The van der Waals surface area contributed by atoms with Crippen molar-refractivity contribution in [1.29, 1.82) is 0 Å². The molecule has 4 nitrogen and oxygen atoms in total. The van der Waals surface area contributed by atoms with Gasteiger partial charge in [0.25, 0.3) is 0 Å². The van der Waals surface area contributed by atoms with E-state index in [1.807, 2.05) is 18.2 Å². The molecular weight excluding hydrogens is 321 g/mol. The number of nitrogens with zero attached hydrogens (tertiary/aromatic N) is 1. The van der Waals surface area contributed by atoms with Gasteiger partial charge in [0.05, 0.1) is 5.02 Å². The summed E-state index contributed by atoms with van der Waals surface area (Å²) in [6, 6.07) is 10.2. The molecule has 1 heterocycles. The molecule has 2 aromatic rings. The molecule has 120 valence electrons. The van der Waals surface area contributed by atoms with Gasteiger partial charge in [0.15, 0.2) is 0 Å². The third-order valence-electron chi connectivity index (χ3n) is 3.85. The van der Waals surface area contributed by atoms with E-state index in [9.17, 15) is 9.18 Å². The highest BCUT2D eigenvalue weighted by Gasteiger charge is 2.20. The second-order valence-electron chi connectivity index (χ2n) is 5.42. The van der Waals surface area contributed by atoms with Crippen molar-refractivity contribution >= 4 is 17.7 Å². The molecule has 0 aliphatic carbocycles. The van der Waals surface area contributed by atoms with Crippen LogP contribution in [0.2, 0.25) is 5.02 Å². The standard InChI is InChI=1S/C17H15ClFNO3/c18-15-4-1-11(7-16(15)19)10-23-14-3-2-12-5-6-20(17(21)22)9-13(12)8-14/h1-4,7-8H,5-6,9-10H2,(H,21,22). The molecule has 0 aromatic heterocycles. The van der Waals surface area contributed by atoms with Crippen LogP contribution in [-0.2, 0) is 19.6 Å². The van der Waals surface area contributed by atoms with E-state index in [0.29, 0.717) is 30.8 Å². The maximum Gasteiger partial charge on any atom is 0.407 e. The topological polar surface area (TPSA) is 49.8 Å². The van der Waals surface area contributed by atoms with Crippen molar-refractivity contribution in [1.82, 2.24) is 4.90 Å². The second-order valence-corrected chi connectivity index (χ2v) is 5.83. The fourth-order valence-electron chi connectivity index (χ4n) is 2.58. The summed E-state index contributed by atoms with van der Waals surface area (Å²) in [7, 11) is 0. The quantitative estimate of drug-likeness (QED) is 0.919. The number of amides is 1. The molecule has 0 radical (unpaired) electrons. The van der Waals surface area contributed by atoms with Gasteiger partial charge in [0, 0.05) is 13.1 Å². The number of halogens is 2. The number of hydrogen-bond acceptors (Lipinski definition) is 2. The molecule has 1 N–H and O–H groups in total. The highest BCUT2D eigenvalue weighted by Crippen LogP contribution is 2.25. The maximum atomic E-state index is 13.4. The molecule has 0 saturated heterocycles. The van der Waals surface area contributed by atoms with E-state index in [2.05, 4.69) is 0 Å². The van der Waals surface area contributed by atoms with E-state index >= 15 is 0 Å². The first-order valence-corrected chi connectivity index (χ1v) is 7.57. The van der Waals surface area contributed by atoms with Crippen molar-refractivity contribution in [3.05, 3.63) is 63.9 Å². The van der Waals surface area contributed by atoms with E-state index in [0.717, 1.165) is 11.1 Å². The summed E-state index contributed by atoms with van der Waals surface area (Å²) >= 11 is 5.65. The Bertz CT molecular complexity index is 751. The van der Waals surface area contributed by atoms with Gasteiger partial charge in [-0.3, -0.25) is 0 Å². The van der Waals surface area contributed by atoms with Crippen molar-refractivity contribution in [2.75, 3.05) is 6.54 Å². The number of hydrogen-bond donors (Lipinski definition) is 1. The second kappa shape index (κ2) is 6.46. The van der Waals surface area contributed by atoms with Crippen LogP contribution in [0.4, 0.5) is 9.18 Å². The summed E-state index contributed by atoms with van der Waals surface area (Å²) in [4.78, 5) is 12.4. The van der Waals surface area contributed by atoms with Crippen LogP contribution in [0.5, 0.6) is 5.75 Å². The zero-order chi connectivity index (χ0) is 16.4. The van der Waals surface area contributed by atoms with Gasteiger partial charge in [-0.05, 0) is 47.4 Å². The lowest BCUT2D eigenvalue weighted by molar-refractivity contribution is 0.140. The van der Waals surface area contributed by atoms with Crippen LogP contribution >= 0.6 is 11.6 Å². The Morgan fingerprint density at radius 3 is 2.83 bits per heavy atom. The first-order valence-electron chi connectivity index (χ1n) is 7.19. The summed E-state index contributed by atoms with van der Waals surface area (Å²) in [5, 5.41) is 9.16. The molecule has 2 aromatic carbocycles. The van der Waals surface area contributed by atoms with Crippen molar-refractivity contribution in [3.63, 3.8) is 0 Å². The normalized spacial score (nSPS) is 13.6. The largest absolute Gasteiger partial charge is 0.489 e. The maximum absolute atomic E-state index is 13.4. The smallest absolute Gasteiger partial charge is 0.407 e. The van der Waals surface area contributed by atoms with E-state index in [4.69, 9.17) is 21.4 Å². The monoisotopic (exact) mass is 335 g/mol. The predicted octanol–water partition coefficient (Wildman–Crippen LogP) is 4.09.